The van der Waals surface area contributed by atoms with E-state index in [1.807, 2.05) is 24.3 Å². The second-order valence-corrected chi connectivity index (χ2v) is 6.16. The molecule has 4 rings (SSSR count). The standard InChI is InChI=1S/C18H19N7O3/c26-18(12-5-6-16(20-9-12)21-10-17-22-24-25-23-17)19-8-7-13-11-27-14-3-1-2-4-15(14)28-13/h1-6,9,13H,7-8,10-11H2,(H,19,26)(H,20,21)(H,22,23,24,25)/t13-/m1/s1. The summed E-state index contributed by atoms with van der Waals surface area (Å²) in [5, 5.41) is 19.5. The number of para-hydroxylation sites is 2. The zero-order valence-corrected chi connectivity index (χ0v) is 15.0. The quantitative estimate of drug-likeness (QED) is 0.557. The number of aromatic amines is 1. The molecule has 0 spiro atoms. The predicted octanol–water partition coefficient (Wildman–Crippen LogP) is 1.17. The molecule has 10 nitrogen and oxygen atoms in total. The summed E-state index contributed by atoms with van der Waals surface area (Å²) in [6, 6.07) is 11.0. The van der Waals surface area contributed by atoms with Crippen LogP contribution in [0.2, 0.25) is 0 Å². The van der Waals surface area contributed by atoms with Crippen molar-refractivity contribution in [2.75, 3.05) is 18.5 Å². The zero-order chi connectivity index (χ0) is 19.2. The first-order valence-corrected chi connectivity index (χ1v) is 8.87. The van der Waals surface area contributed by atoms with Gasteiger partial charge in [-0.05, 0) is 24.3 Å². The number of hydrogen-bond donors (Lipinski definition) is 3. The SMILES string of the molecule is O=C(NCC[C@@H]1COc2ccccc2O1)c1ccc(NCc2nn[nH]n2)nc1. The second kappa shape index (κ2) is 8.33. The molecule has 1 atom stereocenters. The number of benzene rings is 1. The molecule has 3 N–H and O–H groups in total. The van der Waals surface area contributed by atoms with Gasteiger partial charge in [0.15, 0.2) is 17.3 Å². The van der Waals surface area contributed by atoms with Crippen LogP contribution in [-0.2, 0) is 6.54 Å². The number of H-pyrrole nitrogens is 1. The number of rotatable bonds is 7. The van der Waals surface area contributed by atoms with Gasteiger partial charge in [-0.2, -0.15) is 5.21 Å². The summed E-state index contributed by atoms with van der Waals surface area (Å²) in [6.45, 7) is 1.34. The van der Waals surface area contributed by atoms with Crippen molar-refractivity contribution < 1.29 is 14.3 Å². The molecule has 0 fully saturated rings. The van der Waals surface area contributed by atoms with Gasteiger partial charge < -0.3 is 20.1 Å². The lowest BCUT2D eigenvalue weighted by molar-refractivity contribution is 0.0812. The largest absolute Gasteiger partial charge is 0.486 e. The molecule has 0 saturated heterocycles. The predicted molar refractivity (Wildman–Crippen MR) is 99.0 cm³/mol. The molecule has 1 amide bonds. The lowest BCUT2D eigenvalue weighted by atomic mass is 10.2. The minimum Gasteiger partial charge on any atom is -0.486 e. The van der Waals surface area contributed by atoms with E-state index in [1.165, 1.54) is 6.20 Å². The van der Waals surface area contributed by atoms with Gasteiger partial charge in [0.2, 0.25) is 0 Å². The van der Waals surface area contributed by atoms with Crippen LogP contribution in [0.5, 0.6) is 11.5 Å². The van der Waals surface area contributed by atoms with Crippen molar-refractivity contribution in [1.29, 1.82) is 0 Å². The lowest BCUT2D eigenvalue weighted by Crippen LogP contribution is -2.34. The Bertz CT molecular complexity index is 915. The number of carbonyl (C=O) groups is 1. The molecule has 10 heteroatoms. The van der Waals surface area contributed by atoms with E-state index in [0.717, 1.165) is 11.5 Å². The number of nitrogens with one attached hydrogen (secondary N) is 3. The molecular formula is C18H19N7O3. The molecule has 0 radical (unpaired) electrons. The average Bonchev–Trinajstić information content (AvgIpc) is 3.26. The second-order valence-electron chi connectivity index (χ2n) is 6.16. The van der Waals surface area contributed by atoms with Crippen LogP contribution in [0.15, 0.2) is 42.6 Å². The van der Waals surface area contributed by atoms with Crippen molar-refractivity contribution in [3.05, 3.63) is 54.0 Å². The Balaban J connectivity index is 1.22. The van der Waals surface area contributed by atoms with E-state index in [-0.39, 0.29) is 12.0 Å². The van der Waals surface area contributed by atoms with Gasteiger partial charge in [-0.1, -0.05) is 17.3 Å². The summed E-state index contributed by atoms with van der Waals surface area (Å²) in [7, 11) is 0. The van der Waals surface area contributed by atoms with Gasteiger partial charge in [-0.3, -0.25) is 4.79 Å². The third kappa shape index (κ3) is 4.34. The fraction of sp³-hybridized carbons (Fsp3) is 0.278. The summed E-state index contributed by atoms with van der Waals surface area (Å²) in [4.78, 5) is 16.5. The number of nitrogens with zero attached hydrogens (tertiary/aromatic N) is 4. The molecule has 1 aromatic carbocycles. The van der Waals surface area contributed by atoms with Gasteiger partial charge in [0.25, 0.3) is 5.91 Å². The topological polar surface area (TPSA) is 127 Å². The number of carbonyl (C=O) groups excluding carboxylic acids is 1. The maximum atomic E-state index is 12.3. The average molecular weight is 381 g/mol. The molecule has 144 valence electrons. The van der Waals surface area contributed by atoms with E-state index in [0.29, 0.717) is 43.3 Å². The number of ether oxygens (including phenoxy) is 2. The Morgan fingerprint density at radius 1 is 1.21 bits per heavy atom. The summed E-state index contributed by atoms with van der Waals surface area (Å²) < 4.78 is 11.6. The van der Waals surface area contributed by atoms with E-state index in [2.05, 4.69) is 36.2 Å². The number of fused-ring (bicyclic) bond motifs is 1. The van der Waals surface area contributed by atoms with Crippen molar-refractivity contribution in [3.63, 3.8) is 0 Å². The first kappa shape index (κ1) is 17.7. The molecule has 1 aliphatic rings. The van der Waals surface area contributed by atoms with Crippen molar-refractivity contribution in [3.8, 4) is 11.5 Å². The normalized spacial score (nSPS) is 15.1. The summed E-state index contributed by atoms with van der Waals surface area (Å²) in [5.74, 6) is 2.45. The number of aromatic nitrogens is 5. The molecule has 3 heterocycles. The van der Waals surface area contributed by atoms with Crippen molar-refractivity contribution >= 4 is 11.7 Å². The highest BCUT2D eigenvalue weighted by molar-refractivity contribution is 5.94. The number of anilines is 1. The fourth-order valence-corrected chi connectivity index (χ4v) is 2.71. The van der Waals surface area contributed by atoms with Crippen molar-refractivity contribution in [1.82, 2.24) is 30.9 Å². The smallest absolute Gasteiger partial charge is 0.252 e. The van der Waals surface area contributed by atoms with Crippen LogP contribution in [-0.4, -0.2) is 50.8 Å². The Labute approximate surface area is 160 Å². The van der Waals surface area contributed by atoms with Crippen LogP contribution in [0.3, 0.4) is 0 Å². The van der Waals surface area contributed by atoms with Gasteiger partial charge in [-0.25, -0.2) is 4.98 Å². The molecule has 1 aliphatic heterocycles. The third-order valence-electron chi connectivity index (χ3n) is 4.16. The van der Waals surface area contributed by atoms with Crippen molar-refractivity contribution in [2.24, 2.45) is 0 Å². The van der Waals surface area contributed by atoms with Crippen LogP contribution in [0.25, 0.3) is 0 Å². The van der Waals surface area contributed by atoms with E-state index in [9.17, 15) is 4.79 Å². The Kier molecular flexibility index (Phi) is 5.27. The minimum absolute atomic E-state index is 0.0926. The Morgan fingerprint density at radius 3 is 2.89 bits per heavy atom. The summed E-state index contributed by atoms with van der Waals surface area (Å²) in [6.07, 6.45) is 2.08. The number of tetrazole rings is 1. The van der Waals surface area contributed by atoms with Gasteiger partial charge >= 0.3 is 0 Å². The van der Waals surface area contributed by atoms with Crippen LogP contribution in [0.4, 0.5) is 5.82 Å². The van der Waals surface area contributed by atoms with E-state index in [1.54, 1.807) is 12.1 Å². The molecule has 3 aromatic rings. The van der Waals surface area contributed by atoms with Gasteiger partial charge in [0.05, 0.1) is 12.1 Å². The number of pyridine rings is 1. The number of amides is 1. The monoisotopic (exact) mass is 381 g/mol. The van der Waals surface area contributed by atoms with Gasteiger partial charge in [0.1, 0.15) is 18.5 Å². The minimum atomic E-state index is -0.186. The van der Waals surface area contributed by atoms with Crippen LogP contribution < -0.4 is 20.1 Å². The first-order valence-electron chi connectivity index (χ1n) is 8.87. The van der Waals surface area contributed by atoms with Gasteiger partial charge in [0, 0.05) is 19.2 Å². The van der Waals surface area contributed by atoms with Crippen molar-refractivity contribution in [2.45, 2.75) is 19.1 Å². The van der Waals surface area contributed by atoms with Crippen LogP contribution in [0, 0.1) is 0 Å². The maximum Gasteiger partial charge on any atom is 0.252 e. The van der Waals surface area contributed by atoms with Crippen LogP contribution >= 0.6 is 0 Å². The van der Waals surface area contributed by atoms with E-state index >= 15 is 0 Å². The molecule has 0 aliphatic carbocycles. The molecule has 28 heavy (non-hydrogen) atoms. The summed E-state index contributed by atoms with van der Waals surface area (Å²) >= 11 is 0. The molecule has 0 unspecified atom stereocenters. The molecule has 2 aromatic heterocycles. The maximum absolute atomic E-state index is 12.3. The number of hydrogen-bond acceptors (Lipinski definition) is 8. The highest BCUT2D eigenvalue weighted by Crippen LogP contribution is 2.31. The third-order valence-corrected chi connectivity index (χ3v) is 4.16. The Morgan fingerprint density at radius 2 is 2.11 bits per heavy atom. The molecular weight excluding hydrogens is 362 g/mol. The van der Waals surface area contributed by atoms with Crippen LogP contribution in [0.1, 0.15) is 22.6 Å². The summed E-state index contributed by atoms with van der Waals surface area (Å²) in [5.41, 5.74) is 0.483. The molecule has 0 saturated carbocycles. The molecule has 0 bridgehead atoms. The zero-order valence-electron chi connectivity index (χ0n) is 15.0. The highest BCUT2D eigenvalue weighted by Gasteiger charge is 2.20. The fourth-order valence-electron chi connectivity index (χ4n) is 2.71. The highest BCUT2D eigenvalue weighted by atomic mass is 16.6. The van der Waals surface area contributed by atoms with Gasteiger partial charge in [-0.15, -0.1) is 10.2 Å². The lowest BCUT2D eigenvalue weighted by Gasteiger charge is -2.26. The van der Waals surface area contributed by atoms with E-state index in [4.69, 9.17) is 9.47 Å². The Hall–Kier alpha value is -3.69. The first-order chi connectivity index (χ1) is 13.8. The van der Waals surface area contributed by atoms with E-state index < -0.39 is 0 Å².